The lowest BCUT2D eigenvalue weighted by Gasteiger charge is -2.00. The first-order chi connectivity index (χ1) is 11.8. The molecule has 4 nitrogen and oxygen atoms in total. The molecule has 0 bridgehead atoms. The molecule has 0 aliphatic carbocycles. The van der Waals surface area contributed by atoms with Gasteiger partial charge in [-0.05, 0) is 30.7 Å². The molecule has 4 aromatic rings. The third kappa shape index (κ3) is 2.58. The molecule has 0 saturated heterocycles. The third-order valence-corrected chi connectivity index (χ3v) is 3.92. The molecule has 0 fully saturated rings. The van der Waals surface area contributed by atoms with Crippen LogP contribution in [0.3, 0.4) is 0 Å². The summed E-state index contributed by atoms with van der Waals surface area (Å²) in [5.41, 5.74) is 4.67. The average Bonchev–Trinajstić information content (AvgIpc) is 3.00. The summed E-state index contributed by atoms with van der Waals surface area (Å²) < 4.78 is 1.96. The summed E-state index contributed by atoms with van der Waals surface area (Å²) in [5, 5.41) is 8.98. The number of imidazole rings is 1. The van der Waals surface area contributed by atoms with E-state index >= 15 is 0 Å². The zero-order chi connectivity index (χ0) is 16.4. The van der Waals surface area contributed by atoms with E-state index in [1.54, 1.807) is 0 Å². The van der Waals surface area contributed by atoms with Crippen molar-refractivity contribution in [2.45, 2.75) is 6.92 Å². The van der Waals surface area contributed by atoms with Crippen molar-refractivity contribution in [1.29, 1.82) is 0 Å². The maximum absolute atomic E-state index is 4.73. The maximum Gasteiger partial charge on any atom is 0.187 e. The van der Waals surface area contributed by atoms with E-state index in [0.717, 1.165) is 34.0 Å². The van der Waals surface area contributed by atoms with Crippen molar-refractivity contribution in [3.8, 4) is 11.3 Å². The van der Waals surface area contributed by atoms with Crippen LogP contribution < -0.4 is 0 Å². The second-order valence-corrected chi connectivity index (χ2v) is 5.57. The molecule has 0 aliphatic heterocycles. The van der Waals surface area contributed by atoms with Crippen molar-refractivity contribution in [1.82, 2.24) is 9.38 Å². The fourth-order valence-electron chi connectivity index (χ4n) is 2.64. The molecule has 24 heavy (non-hydrogen) atoms. The molecule has 0 unspecified atom stereocenters. The normalized spacial score (nSPS) is 11.4. The average molecular weight is 312 g/mol. The number of nitrogens with zero attached hydrogens (tertiary/aromatic N) is 4. The first-order valence-corrected chi connectivity index (χ1v) is 7.83. The Morgan fingerprint density at radius 3 is 2.38 bits per heavy atom. The summed E-state index contributed by atoms with van der Waals surface area (Å²) in [6, 6.07) is 23.9. The van der Waals surface area contributed by atoms with Gasteiger partial charge in [0.15, 0.2) is 5.82 Å². The van der Waals surface area contributed by atoms with Crippen LogP contribution in [0, 0.1) is 6.92 Å². The van der Waals surface area contributed by atoms with Crippen LogP contribution in [-0.4, -0.2) is 9.38 Å². The standard InChI is InChI=1S/C20H16N4/c1-15-9-5-6-12-17(15)22-23-20-19(16-10-3-2-4-11-16)21-18-13-7-8-14-24(18)20/h2-14H,1H3. The van der Waals surface area contributed by atoms with E-state index < -0.39 is 0 Å². The number of hydrogen-bond acceptors (Lipinski definition) is 3. The highest BCUT2D eigenvalue weighted by molar-refractivity contribution is 5.74. The van der Waals surface area contributed by atoms with Gasteiger partial charge in [0.1, 0.15) is 11.3 Å². The summed E-state index contributed by atoms with van der Waals surface area (Å²) in [5.74, 6) is 0.736. The number of hydrogen-bond donors (Lipinski definition) is 0. The lowest BCUT2D eigenvalue weighted by atomic mass is 10.1. The summed E-state index contributed by atoms with van der Waals surface area (Å²) in [4.78, 5) is 4.73. The van der Waals surface area contributed by atoms with Gasteiger partial charge in [-0.25, -0.2) is 4.98 Å². The Bertz CT molecular complexity index is 1020. The molecule has 0 saturated carbocycles. The van der Waals surface area contributed by atoms with Crippen LogP contribution in [0.15, 0.2) is 89.2 Å². The predicted octanol–water partition coefficient (Wildman–Crippen LogP) is 5.73. The highest BCUT2D eigenvalue weighted by atomic mass is 15.2. The van der Waals surface area contributed by atoms with Gasteiger partial charge in [0, 0.05) is 11.8 Å². The lowest BCUT2D eigenvalue weighted by Crippen LogP contribution is -1.81. The molecular formula is C20H16N4. The number of aromatic nitrogens is 2. The molecule has 2 aromatic heterocycles. The van der Waals surface area contributed by atoms with Crippen molar-refractivity contribution < 1.29 is 0 Å². The zero-order valence-corrected chi connectivity index (χ0v) is 13.3. The van der Waals surface area contributed by atoms with E-state index in [1.807, 2.05) is 90.3 Å². The van der Waals surface area contributed by atoms with Crippen LogP contribution in [0.4, 0.5) is 11.5 Å². The van der Waals surface area contributed by atoms with Crippen molar-refractivity contribution >= 4 is 17.2 Å². The first kappa shape index (κ1) is 14.3. The number of azo groups is 1. The molecular weight excluding hydrogens is 296 g/mol. The minimum Gasteiger partial charge on any atom is -0.283 e. The zero-order valence-electron chi connectivity index (χ0n) is 13.3. The maximum atomic E-state index is 4.73. The molecule has 4 heteroatoms. The van der Waals surface area contributed by atoms with Gasteiger partial charge in [-0.2, -0.15) is 0 Å². The lowest BCUT2D eigenvalue weighted by molar-refractivity contribution is 1.10. The number of fused-ring (bicyclic) bond motifs is 1. The van der Waals surface area contributed by atoms with Crippen LogP contribution in [0.25, 0.3) is 16.9 Å². The van der Waals surface area contributed by atoms with Gasteiger partial charge in [-0.3, -0.25) is 4.40 Å². The van der Waals surface area contributed by atoms with E-state index in [9.17, 15) is 0 Å². The van der Waals surface area contributed by atoms with Gasteiger partial charge in [0.05, 0.1) is 5.69 Å². The SMILES string of the molecule is Cc1ccccc1N=Nc1c(-c2ccccc2)nc2ccccn12. The third-order valence-electron chi connectivity index (χ3n) is 3.92. The highest BCUT2D eigenvalue weighted by Crippen LogP contribution is 2.32. The smallest absolute Gasteiger partial charge is 0.187 e. The Morgan fingerprint density at radius 2 is 1.54 bits per heavy atom. The molecule has 2 aromatic carbocycles. The van der Waals surface area contributed by atoms with Crippen LogP contribution in [0.1, 0.15) is 5.56 Å². The Kier molecular flexibility index (Phi) is 3.63. The Hall–Kier alpha value is -3.27. The molecule has 0 aliphatic rings. The fraction of sp³-hybridized carbons (Fsp3) is 0.0500. The number of rotatable bonds is 3. The predicted molar refractivity (Wildman–Crippen MR) is 96.0 cm³/mol. The number of benzene rings is 2. The number of aryl methyl sites for hydroxylation is 1. The largest absolute Gasteiger partial charge is 0.283 e. The van der Waals surface area contributed by atoms with Crippen LogP contribution in [0.2, 0.25) is 0 Å². The van der Waals surface area contributed by atoms with Gasteiger partial charge in [-0.1, -0.05) is 54.6 Å². The van der Waals surface area contributed by atoms with Gasteiger partial charge < -0.3 is 0 Å². The van der Waals surface area contributed by atoms with Gasteiger partial charge in [-0.15, -0.1) is 10.2 Å². The summed E-state index contributed by atoms with van der Waals surface area (Å²) in [6.07, 6.45) is 1.96. The summed E-state index contributed by atoms with van der Waals surface area (Å²) in [6.45, 7) is 2.03. The van der Waals surface area contributed by atoms with Crippen molar-refractivity contribution in [3.05, 3.63) is 84.6 Å². The second kappa shape index (κ2) is 6.08. The minimum atomic E-state index is 0.736. The van der Waals surface area contributed by atoms with Crippen molar-refractivity contribution in [2.75, 3.05) is 0 Å². The summed E-state index contributed by atoms with van der Waals surface area (Å²) >= 11 is 0. The molecule has 2 heterocycles. The monoisotopic (exact) mass is 312 g/mol. The topological polar surface area (TPSA) is 42.0 Å². The molecule has 116 valence electrons. The number of pyridine rings is 1. The quantitative estimate of drug-likeness (QED) is 0.446. The fourth-order valence-corrected chi connectivity index (χ4v) is 2.64. The molecule has 0 radical (unpaired) electrons. The van der Waals surface area contributed by atoms with Crippen molar-refractivity contribution in [2.24, 2.45) is 10.2 Å². The van der Waals surface area contributed by atoms with Gasteiger partial charge in [0.25, 0.3) is 0 Å². The first-order valence-electron chi connectivity index (χ1n) is 7.83. The minimum absolute atomic E-state index is 0.736. The molecule has 4 rings (SSSR count). The van der Waals surface area contributed by atoms with E-state index in [1.165, 1.54) is 0 Å². The van der Waals surface area contributed by atoms with Gasteiger partial charge >= 0.3 is 0 Å². The molecule has 0 atom stereocenters. The molecule has 0 N–H and O–H groups in total. The Morgan fingerprint density at radius 1 is 0.792 bits per heavy atom. The second-order valence-electron chi connectivity index (χ2n) is 5.57. The van der Waals surface area contributed by atoms with E-state index in [-0.39, 0.29) is 0 Å². The highest BCUT2D eigenvalue weighted by Gasteiger charge is 2.13. The van der Waals surface area contributed by atoms with Crippen molar-refractivity contribution in [3.63, 3.8) is 0 Å². The van der Waals surface area contributed by atoms with E-state index in [4.69, 9.17) is 4.98 Å². The Balaban J connectivity index is 1.89. The van der Waals surface area contributed by atoms with Gasteiger partial charge in [0.2, 0.25) is 0 Å². The van der Waals surface area contributed by atoms with Crippen LogP contribution in [0.5, 0.6) is 0 Å². The summed E-state index contributed by atoms with van der Waals surface area (Å²) in [7, 11) is 0. The Labute approximate surface area is 140 Å². The molecule has 0 amide bonds. The van der Waals surface area contributed by atoms with E-state index in [2.05, 4.69) is 10.2 Å². The van der Waals surface area contributed by atoms with Crippen LogP contribution >= 0.6 is 0 Å². The molecule has 0 spiro atoms. The van der Waals surface area contributed by atoms with Crippen LogP contribution in [-0.2, 0) is 0 Å². The van der Waals surface area contributed by atoms with E-state index in [0.29, 0.717) is 0 Å².